The largest absolute Gasteiger partial charge is 0.307 e. The normalized spacial score (nSPS) is 15.7. The summed E-state index contributed by atoms with van der Waals surface area (Å²) in [6.07, 6.45) is 1.18. The third-order valence-corrected chi connectivity index (χ3v) is 6.53. The average Bonchev–Trinajstić information content (AvgIpc) is 3.06. The van der Waals surface area contributed by atoms with E-state index in [4.69, 9.17) is 11.6 Å². The number of carbonyl (C=O) groups is 1. The van der Waals surface area contributed by atoms with Crippen LogP contribution in [-0.2, 0) is 28.6 Å². The SMILES string of the molecule is CCC(=O)N(Cc1ccc2ccc(Cl)nc2c1)c1cccc2c1S(=O)CC2. The zero-order valence-corrected chi connectivity index (χ0v) is 16.5. The molecule has 0 spiro atoms. The molecule has 1 amide bonds. The van der Waals surface area contributed by atoms with Gasteiger partial charge in [0.05, 0.1) is 33.4 Å². The van der Waals surface area contributed by atoms with Gasteiger partial charge in [0.2, 0.25) is 5.91 Å². The second kappa shape index (κ2) is 7.41. The Labute approximate surface area is 165 Å². The van der Waals surface area contributed by atoms with Crippen molar-refractivity contribution in [3.63, 3.8) is 0 Å². The Bertz CT molecular complexity index is 1070. The van der Waals surface area contributed by atoms with Crippen LogP contribution in [0.5, 0.6) is 0 Å². The number of amides is 1. The number of aromatic nitrogens is 1. The smallest absolute Gasteiger partial charge is 0.227 e. The number of benzene rings is 2. The number of rotatable bonds is 4. The minimum absolute atomic E-state index is 0.00597. The van der Waals surface area contributed by atoms with Crippen LogP contribution in [-0.4, -0.2) is 20.9 Å². The molecule has 6 heteroatoms. The second-order valence-corrected chi connectivity index (χ2v) is 8.45. The summed E-state index contributed by atoms with van der Waals surface area (Å²) in [7, 11) is -1.06. The van der Waals surface area contributed by atoms with Gasteiger partial charge < -0.3 is 4.90 Å². The highest BCUT2D eigenvalue weighted by Crippen LogP contribution is 2.34. The lowest BCUT2D eigenvalue weighted by Crippen LogP contribution is -2.30. The van der Waals surface area contributed by atoms with Gasteiger partial charge in [0, 0.05) is 17.6 Å². The summed E-state index contributed by atoms with van der Waals surface area (Å²) in [5.41, 5.74) is 3.59. The molecular formula is C21H19ClN2O2S. The number of pyridine rings is 1. The first kappa shape index (κ1) is 18.1. The Morgan fingerprint density at radius 1 is 1.22 bits per heavy atom. The average molecular weight is 399 g/mol. The van der Waals surface area contributed by atoms with Crippen molar-refractivity contribution in [1.29, 1.82) is 0 Å². The molecule has 138 valence electrons. The van der Waals surface area contributed by atoms with E-state index in [2.05, 4.69) is 4.98 Å². The first-order valence-electron chi connectivity index (χ1n) is 8.92. The Hall–Kier alpha value is -2.24. The summed E-state index contributed by atoms with van der Waals surface area (Å²) in [4.78, 5) is 19.6. The van der Waals surface area contributed by atoms with Crippen LogP contribution in [0.3, 0.4) is 0 Å². The van der Waals surface area contributed by atoms with Gasteiger partial charge in [-0.3, -0.25) is 9.00 Å². The first-order chi connectivity index (χ1) is 13.1. The zero-order valence-electron chi connectivity index (χ0n) is 14.9. The van der Waals surface area contributed by atoms with Crippen LogP contribution in [0.25, 0.3) is 10.9 Å². The van der Waals surface area contributed by atoms with Crippen molar-refractivity contribution in [2.75, 3.05) is 10.7 Å². The summed E-state index contributed by atoms with van der Waals surface area (Å²) in [5.74, 6) is 0.630. The molecule has 0 saturated carbocycles. The Morgan fingerprint density at radius 3 is 2.85 bits per heavy atom. The monoisotopic (exact) mass is 398 g/mol. The van der Waals surface area contributed by atoms with E-state index in [1.165, 1.54) is 0 Å². The fraction of sp³-hybridized carbons (Fsp3) is 0.238. The highest BCUT2D eigenvalue weighted by atomic mass is 35.5. The van der Waals surface area contributed by atoms with Gasteiger partial charge >= 0.3 is 0 Å². The molecule has 27 heavy (non-hydrogen) atoms. The predicted molar refractivity (Wildman–Crippen MR) is 110 cm³/mol. The van der Waals surface area contributed by atoms with Crippen LogP contribution < -0.4 is 4.90 Å². The molecule has 1 aliphatic rings. The van der Waals surface area contributed by atoms with E-state index in [1.807, 2.05) is 49.4 Å². The van der Waals surface area contributed by atoms with Crippen LogP contribution in [0, 0.1) is 0 Å². The zero-order chi connectivity index (χ0) is 19.0. The van der Waals surface area contributed by atoms with Gasteiger partial charge in [0.1, 0.15) is 5.15 Å². The summed E-state index contributed by atoms with van der Waals surface area (Å²) < 4.78 is 12.5. The van der Waals surface area contributed by atoms with Crippen LogP contribution in [0.2, 0.25) is 5.15 Å². The van der Waals surface area contributed by atoms with Crippen molar-refractivity contribution in [3.8, 4) is 0 Å². The molecule has 0 aliphatic carbocycles. The summed E-state index contributed by atoms with van der Waals surface area (Å²) in [5, 5.41) is 1.44. The molecule has 1 atom stereocenters. The lowest BCUT2D eigenvalue weighted by atomic mass is 10.1. The molecule has 0 N–H and O–H groups in total. The molecule has 2 heterocycles. The maximum Gasteiger partial charge on any atom is 0.227 e. The molecule has 0 bridgehead atoms. The van der Waals surface area contributed by atoms with Crippen molar-refractivity contribution in [1.82, 2.24) is 4.98 Å². The van der Waals surface area contributed by atoms with Gasteiger partial charge in [-0.05, 0) is 41.8 Å². The molecule has 1 unspecified atom stereocenters. The van der Waals surface area contributed by atoms with Crippen molar-refractivity contribution in [3.05, 3.63) is 64.8 Å². The molecule has 0 saturated heterocycles. The molecule has 3 aromatic rings. The van der Waals surface area contributed by atoms with Crippen molar-refractivity contribution in [2.24, 2.45) is 0 Å². The summed E-state index contributed by atoms with van der Waals surface area (Å²) in [6, 6.07) is 15.5. The maximum absolute atomic E-state index is 12.7. The molecule has 0 radical (unpaired) electrons. The van der Waals surface area contributed by atoms with Gasteiger partial charge in [0.15, 0.2) is 0 Å². The van der Waals surface area contributed by atoms with E-state index in [-0.39, 0.29) is 5.91 Å². The summed E-state index contributed by atoms with van der Waals surface area (Å²) >= 11 is 6.02. The Kier molecular flexibility index (Phi) is 4.98. The van der Waals surface area contributed by atoms with Gasteiger partial charge in [-0.1, -0.05) is 42.8 Å². The number of anilines is 1. The van der Waals surface area contributed by atoms with E-state index < -0.39 is 10.8 Å². The molecule has 0 fully saturated rings. The Balaban J connectivity index is 1.76. The maximum atomic E-state index is 12.7. The van der Waals surface area contributed by atoms with Crippen molar-refractivity contribution >= 4 is 44.9 Å². The minimum atomic E-state index is -1.06. The fourth-order valence-electron chi connectivity index (χ4n) is 3.47. The van der Waals surface area contributed by atoms with Gasteiger partial charge in [-0.2, -0.15) is 0 Å². The lowest BCUT2D eigenvalue weighted by Gasteiger charge is -2.25. The molecular weight excluding hydrogens is 380 g/mol. The number of aryl methyl sites for hydroxylation is 1. The minimum Gasteiger partial charge on any atom is -0.307 e. The third kappa shape index (κ3) is 3.49. The van der Waals surface area contributed by atoms with E-state index >= 15 is 0 Å². The first-order valence-corrected chi connectivity index (χ1v) is 10.6. The van der Waals surface area contributed by atoms with E-state index in [1.54, 1.807) is 11.0 Å². The summed E-state index contributed by atoms with van der Waals surface area (Å²) in [6.45, 7) is 2.25. The molecule has 2 aromatic carbocycles. The van der Waals surface area contributed by atoms with Crippen molar-refractivity contribution < 1.29 is 9.00 Å². The molecule has 1 aromatic heterocycles. The van der Waals surface area contributed by atoms with Crippen LogP contribution in [0.1, 0.15) is 24.5 Å². The number of hydrogen-bond donors (Lipinski definition) is 0. The Morgan fingerprint density at radius 2 is 2.04 bits per heavy atom. The molecule has 1 aliphatic heterocycles. The number of carbonyl (C=O) groups excluding carboxylic acids is 1. The van der Waals surface area contributed by atoms with Crippen molar-refractivity contribution in [2.45, 2.75) is 31.2 Å². The quantitative estimate of drug-likeness (QED) is 0.608. The number of fused-ring (bicyclic) bond motifs is 2. The number of hydrogen-bond acceptors (Lipinski definition) is 3. The van der Waals surface area contributed by atoms with E-state index in [0.717, 1.165) is 39.0 Å². The molecule has 4 nitrogen and oxygen atoms in total. The highest BCUT2D eigenvalue weighted by molar-refractivity contribution is 7.85. The van der Waals surface area contributed by atoms with Gasteiger partial charge in [-0.15, -0.1) is 0 Å². The van der Waals surface area contributed by atoms with Crippen LogP contribution in [0.15, 0.2) is 53.4 Å². The number of nitrogens with zero attached hydrogens (tertiary/aromatic N) is 2. The van der Waals surface area contributed by atoms with E-state index in [0.29, 0.717) is 23.9 Å². The number of halogens is 1. The second-order valence-electron chi connectivity index (χ2n) is 6.56. The van der Waals surface area contributed by atoms with E-state index in [9.17, 15) is 9.00 Å². The van der Waals surface area contributed by atoms with Crippen LogP contribution >= 0.6 is 11.6 Å². The standard InChI is InChI=1S/C21H19ClN2O2S/c1-2-20(25)24(18-5-3-4-16-10-11-27(26)21(16)18)13-14-6-7-15-8-9-19(22)23-17(15)12-14/h3-9,12H,2,10-11,13H2,1H3. The van der Waals surface area contributed by atoms with Gasteiger partial charge in [-0.25, -0.2) is 4.98 Å². The van der Waals surface area contributed by atoms with Crippen LogP contribution in [0.4, 0.5) is 5.69 Å². The third-order valence-electron chi connectivity index (χ3n) is 4.82. The molecule has 4 rings (SSSR count). The lowest BCUT2D eigenvalue weighted by molar-refractivity contribution is -0.118. The highest BCUT2D eigenvalue weighted by Gasteiger charge is 2.26. The predicted octanol–water partition coefficient (Wildman–Crippen LogP) is 4.50. The fourth-order valence-corrected chi connectivity index (χ4v) is 5.10. The van der Waals surface area contributed by atoms with Gasteiger partial charge in [0.25, 0.3) is 0 Å². The topological polar surface area (TPSA) is 50.3 Å².